The normalized spacial score (nSPS) is 15.5. The number of Topliss-reactive ketones (excluding diaryl/α,β-unsaturated/α-hetero) is 1. The van der Waals surface area contributed by atoms with Gasteiger partial charge in [-0.3, -0.25) is 4.79 Å². The molecule has 2 radical (unpaired) electrons. The van der Waals surface area contributed by atoms with Gasteiger partial charge in [-0.15, -0.1) is 0 Å². The van der Waals surface area contributed by atoms with Crippen LogP contribution in [0.5, 0.6) is 0 Å². The van der Waals surface area contributed by atoms with E-state index in [0.717, 1.165) is 22.3 Å². The topological polar surface area (TPSA) is 29.4 Å². The van der Waals surface area contributed by atoms with Crippen molar-refractivity contribution in [2.45, 2.75) is 0 Å². The average Bonchev–Trinajstić information content (AvgIpc) is 2.40. The van der Waals surface area contributed by atoms with E-state index < -0.39 is 0 Å². The molecule has 2 nitrogen and oxygen atoms in total. The SMILES string of the molecule is O=C1/C(=[N]/[Al])c2ccccc2-c2ccccc21. The lowest BCUT2D eigenvalue weighted by Crippen LogP contribution is -2.22. The second-order valence-electron chi connectivity index (χ2n) is 3.90. The molecule has 17 heavy (non-hydrogen) atoms. The summed E-state index contributed by atoms with van der Waals surface area (Å²) in [7, 11) is 0. The van der Waals surface area contributed by atoms with Crippen molar-refractivity contribution in [2.24, 2.45) is 3.98 Å². The molecule has 0 unspecified atom stereocenters. The Morgan fingerprint density at radius 1 is 0.765 bits per heavy atom. The smallest absolute Gasteiger partial charge is 0.346 e. The van der Waals surface area contributed by atoms with Crippen LogP contribution < -0.4 is 0 Å². The Labute approximate surface area is 108 Å². The summed E-state index contributed by atoms with van der Waals surface area (Å²) in [5.41, 5.74) is 4.22. The number of fused-ring (bicyclic) bond motifs is 3. The summed E-state index contributed by atoms with van der Waals surface area (Å²) in [6, 6.07) is 15.5. The second-order valence-corrected chi connectivity index (χ2v) is 4.16. The fourth-order valence-electron chi connectivity index (χ4n) is 2.22. The lowest BCUT2D eigenvalue weighted by molar-refractivity contribution is 0.106. The summed E-state index contributed by atoms with van der Waals surface area (Å²) in [6.07, 6.45) is 0. The maximum atomic E-state index is 12.3. The standard InChI is InChI=1S/C14H8NO.Al/c15-13-11-7-3-1-5-9(11)10-6-2-4-8-12(10)14(13)16;/h1-8H;/q-1;+1. The molecular formula is C14H8AlNO. The molecule has 0 N–H and O–H groups in total. The van der Waals surface area contributed by atoms with Gasteiger partial charge in [-0.2, -0.15) is 0 Å². The number of hydrogen-bond donors (Lipinski definition) is 0. The van der Waals surface area contributed by atoms with Crippen molar-refractivity contribution in [1.82, 2.24) is 0 Å². The van der Waals surface area contributed by atoms with Crippen LogP contribution in [-0.4, -0.2) is 28.0 Å². The van der Waals surface area contributed by atoms with E-state index in [1.165, 1.54) is 0 Å². The van der Waals surface area contributed by atoms with Gasteiger partial charge in [0.1, 0.15) is 0 Å². The van der Waals surface area contributed by atoms with Crippen LogP contribution in [0.25, 0.3) is 11.1 Å². The van der Waals surface area contributed by atoms with Crippen LogP contribution >= 0.6 is 0 Å². The zero-order valence-electron chi connectivity index (χ0n) is 9.05. The van der Waals surface area contributed by atoms with Gasteiger partial charge in [-0.25, -0.2) is 0 Å². The molecule has 0 aromatic heterocycles. The summed E-state index contributed by atoms with van der Waals surface area (Å²) in [4.78, 5) is 12.3. The third-order valence-electron chi connectivity index (χ3n) is 2.99. The fraction of sp³-hybridized carbons (Fsp3) is 0. The molecule has 0 aliphatic heterocycles. The van der Waals surface area contributed by atoms with Crippen LogP contribution in [0.3, 0.4) is 0 Å². The monoisotopic (exact) mass is 233 g/mol. The molecule has 3 rings (SSSR count). The molecule has 1 aliphatic rings. The van der Waals surface area contributed by atoms with E-state index in [4.69, 9.17) is 0 Å². The van der Waals surface area contributed by atoms with E-state index in [0.29, 0.717) is 5.71 Å². The van der Waals surface area contributed by atoms with Gasteiger partial charge in [-0.1, -0.05) is 48.5 Å². The molecular weight excluding hydrogens is 225 g/mol. The lowest BCUT2D eigenvalue weighted by Gasteiger charge is -2.20. The highest BCUT2D eigenvalue weighted by Crippen LogP contribution is 2.33. The number of rotatable bonds is 0. The molecule has 0 saturated heterocycles. The summed E-state index contributed by atoms with van der Waals surface area (Å²) >= 11 is 2.28. The molecule has 0 bridgehead atoms. The Morgan fingerprint density at radius 3 is 1.82 bits per heavy atom. The predicted octanol–water partition coefficient (Wildman–Crippen LogP) is 2.42. The van der Waals surface area contributed by atoms with Crippen molar-refractivity contribution in [2.75, 3.05) is 0 Å². The minimum Gasteiger partial charge on any atom is -0.424 e. The Bertz CT molecular complexity index is 646. The highest BCUT2D eigenvalue weighted by Gasteiger charge is 2.26. The average molecular weight is 233 g/mol. The van der Waals surface area contributed by atoms with Crippen LogP contribution in [-0.2, 0) is 0 Å². The lowest BCUT2D eigenvalue weighted by atomic mass is 9.84. The number of hydrogen-bond acceptors (Lipinski definition) is 2. The number of nitrogens with zero attached hydrogens (tertiary/aromatic N) is 1. The van der Waals surface area contributed by atoms with Gasteiger partial charge >= 0.3 is 16.5 Å². The molecule has 0 fully saturated rings. The van der Waals surface area contributed by atoms with E-state index in [1.807, 2.05) is 48.5 Å². The minimum atomic E-state index is -0.00528. The van der Waals surface area contributed by atoms with Crippen molar-refractivity contribution >= 4 is 28.0 Å². The van der Waals surface area contributed by atoms with Gasteiger partial charge in [-0.05, 0) is 11.1 Å². The molecule has 0 atom stereocenters. The Kier molecular flexibility index (Phi) is 2.44. The van der Waals surface area contributed by atoms with Gasteiger partial charge in [0.15, 0.2) is 0 Å². The Hall–Kier alpha value is -1.69. The Morgan fingerprint density at radius 2 is 1.24 bits per heavy atom. The Balaban J connectivity index is 2.41. The van der Waals surface area contributed by atoms with E-state index in [1.54, 1.807) is 0 Å². The van der Waals surface area contributed by atoms with Crippen molar-refractivity contribution in [1.29, 1.82) is 0 Å². The third-order valence-corrected chi connectivity index (χ3v) is 3.25. The summed E-state index contributed by atoms with van der Waals surface area (Å²) < 4.78 is 4.05. The van der Waals surface area contributed by atoms with Gasteiger partial charge < -0.3 is 3.98 Å². The van der Waals surface area contributed by atoms with Crippen molar-refractivity contribution in [3.63, 3.8) is 0 Å². The van der Waals surface area contributed by atoms with Gasteiger partial charge in [0.05, 0.1) is 5.71 Å². The molecule has 0 spiro atoms. The van der Waals surface area contributed by atoms with Crippen LogP contribution in [0.4, 0.5) is 0 Å². The van der Waals surface area contributed by atoms with E-state index in [9.17, 15) is 4.79 Å². The van der Waals surface area contributed by atoms with Crippen molar-refractivity contribution < 1.29 is 4.79 Å². The highest BCUT2D eigenvalue weighted by atomic mass is 27.1. The first-order valence-corrected chi connectivity index (χ1v) is 5.86. The van der Waals surface area contributed by atoms with Crippen LogP contribution in [0.15, 0.2) is 52.5 Å². The number of carbonyl (C=O) groups excluding carboxylic acids is 1. The zero-order chi connectivity index (χ0) is 11.8. The summed E-state index contributed by atoms with van der Waals surface area (Å²) in [5, 5.41) is 0. The van der Waals surface area contributed by atoms with Crippen LogP contribution in [0, 0.1) is 0 Å². The fourth-order valence-corrected chi connectivity index (χ4v) is 2.47. The number of benzene rings is 2. The van der Waals surface area contributed by atoms with Gasteiger partial charge in [0.2, 0.25) is 5.78 Å². The zero-order valence-corrected chi connectivity index (χ0v) is 10.2. The highest BCUT2D eigenvalue weighted by molar-refractivity contribution is 6.56. The maximum absolute atomic E-state index is 12.3. The van der Waals surface area contributed by atoms with Gasteiger partial charge in [0, 0.05) is 11.1 Å². The minimum absolute atomic E-state index is 0.00528. The maximum Gasteiger partial charge on any atom is 0.346 e. The predicted molar refractivity (Wildman–Crippen MR) is 68.5 cm³/mol. The summed E-state index contributed by atoms with van der Waals surface area (Å²) in [5.74, 6) is -0.00528. The summed E-state index contributed by atoms with van der Waals surface area (Å²) in [6.45, 7) is 0. The van der Waals surface area contributed by atoms with E-state index in [-0.39, 0.29) is 5.78 Å². The molecule has 0 saturated carbocycles. The van der Waals surface area contributed by atoms with E-state index >= 15 is 0 Å². The first kappa shape index (κ1) is 10.5. The first-order valence-electron chi connectivity index (χ1n) is 5.34. The quantitative estimate of drug-likeness (QED) is 0.642. The molecule has 78 valence electrons. The third kappa shape index (κ3) is 1.48. The van der Waals surface area contributed by atoms with Crippen LogP contribution in [0.2, 0.25) is 0 Å². The number of ketones is 1. The largest absolute Gasteiger partial charge is 0.424 e. The number of carbonyl (C=O) groups is 1. The van der Waals surface area contributed by atoms with Crippen LogP contribution in [0.1, 0.15) is 15.9 Å². The van der Waals surface area contributed by atoms with Gasteiger partial charge in [0.25, 0.3) is 0 Å². The second kappa shape index (κ2) is 3.96. The van der Waals surface area contributed by atoms with Crippen molar-refractivity contribution in [3.8, 4) is 11.1 Å². The van der Waals surface area contributed by atoms with E-state index in [2.05, 4.69) is 20.5 Å². The molecule has 2 aromatic rings. The molecule has 0 amide bonds. The molecule has 1 aliphatic carbocycles. The first-order chi connectivity index (χ1) is 8.33. The molecule has 0 heterocycles. The molecule has 2 aromatic carbocycles. The van der Waals surface area contributed by atoms with Crippen molar-refractivity contribution in [3.05, 3.63) is 59.7 Å². The molecule has 3 heteroatoms.